The summed E-state index contributed by atoms with van der Waals surface area (Å²) in [6.45, 7) is 7.24. The Bertz CT molecular complexity index is 333. The highest BCUT2D eigenvalue weighted by atomic mass is 16.5. The fourth-order valence-corrected chi connectivity index (χ4v) is 1.77. The zero-order chi connectivity index (χ0) is 13.4. The molecule has 18 heavy (non-hydrogen) atoms. The second-order valence-electron chi connectivity index (χ2n) is 5.49. The molecule has 0 saturated carbocycles. The minimum atomic E-state index is 0.109. The van der Waals surface area contributed by atoms with Crippen LogP contribution >= 0.6 is 0 Å². The largest absolute Gasteiger partial charge is 0.392 e. The molecule has 0 spiro atoms. The smallest absolute Gasteiger partial charge is 0.0681 e. The molecule has 0 heterocycles. The second kappa shape index (κ2) is 7.52. The molecular formula is C15H25NO2. The highest BCUT2D eigenvalue weighted by Gasteiger charge is 2.16. The van der Waals surface area contributed by atoms with Crippen LogP contribution in [0.3, 0.4) is 0 Å². The van der Waals surface area contributed by atoms with Crippen molar-refractivity contribution < 1.29 is 9.84 Å². The van der Waals surface area contributed by atoms with Gasteiger partial charge in [0.15, 0.2) is 0 Å². The van der Waals surface area contributed by atoms with Gasteiger partial charge in [0.05, 0.1) is 6.61 Å². The van der Waals surface area contributed by atoms with Gasteiger partial charge in [0, 0.05) is 26.8 Å². The Morgan fingerprint density at radius 1 is 1.17 bits per heavy atom. The van der Waals surface area contributed by atoms with Gasteiger partial charge in [-0.25, -0.2) is 0 Å². The average Bonchev–Trinajstić information content (AvgIpc) is 2.37. The second-order valence-corrected chi connectivity index (χ2v) is 5.49. The third-order valence-corrected chi connectivity index (χ3v) is 3.12. The Hall–Kier alpha value is -0.900. The van der Waals surface area contributed by atoms with Crippen LogP contribution in [0.1, 0.15) is 31.4 Å². The zero-order valence-electron chi connectivity index (χ0n) is 11.7. The van der Waals surface area contributed by atoms with E-state index in [1.165, 1.54) is 5.56 Å². The summed E-state index contributed by atoms with van der Waals surface area (Å²) in [6, 6.07) is 8.04. The predicted octanol–water partition coefficient (Wildman–Crippen LogP) is 2.33. The van der Waals surface area contributed by atoms with Crippen LogP contribution in [0, 0.1) is 5.41 Å². The molecule has 1 aromatic carbocycles. The molecule has 0 saturated heterocycles. The Morgan fingerprint density at radius 3 is 2.33 bits per heavy atom. The molecule has 3 heteroatoms. The summed E-state index contributed by atoms with van der Waals surface area (Å²) < 4.78 is 5.12. The van der Waals surface area contributed by atoms with Crippen LogP contribution in [0.2, 0.25) is 0 Å². The number of nitrogens with one attached hydrogen (secondary N) is 1. The minimum absolute atomic E-state index is 0.109. The van der Waals surface area contributed by atoms with Crippen molar-refractivity contribution in [2.45, 2.75) is 33.4 Å². The van der Waals surface area contributed by atoms with Crippen LogP contribution in [-0.4, -0.2) is 25.4 Å². The van der Waals surface area contributed by atoms with Crippen LogP contribution in [0.25, 0.3) is 0 Å². The summed E-state index contributed by atoms with van der Waals surface area (Å²) in [5, 5.41) is 12.4. The molecule has 1 rings (SSSR count). The number of rotatable bonds is 8. The molecule has 2 N–H and O–H groups in total. The summed E-state index contributed by atoms with van der Waals surface area (Å²) in [7, 11) is 1.74. The van der Waals surface area contributed by atoms with Crippen LogP contribution in [-0.2, 0) is 17.9 Å². The van der Waals surface area contributed by atoms with Crippen molar-refractivity contribution in [1.29, 1.82) is 0 Å². The molecule has 1 aromatic rings. The topological polar surface area (TPSA) is 41.5 Å². The van der Waals surface area contributed by atoms with Gasteiger partial charge in [0.25, 0.3) is 0 Å². The molecule has 0 aliphatic rings. The zero-order valence-corrected chi connectivity index (χ0v) is 11.7. The molecule has 0 aliphatic heterocycles. The first-order valence-electron chi connectivity index (χ1n) is 6.46. The molecule has 0 unspecified atom stereocenters. The summed E-state index contributed by atoms with van der Waals surface area (Å²) in [4.78, 5) is 0. The third-order valence-electron chi connectivity index (χ3n) is 3.12. The number of hydrogen-bond acceptors (Lipinski definition) is 3. The number of methoxy groups -OCH3 is 1. The van der Waals surface area contributed by atoms with Crippen molar-refractivity contribution in [2.75, 3.05) is 20.3 Å². The molecule has 0 radical (unpaired) electrons. The van der Waals surface area contributed by atoms with E-state index in [-0.39, 0.29) is 12.0 Å². The Morgan fingerprint density at radius 2 is 1.78 bits per heavy atom. The maximum atomic E-state index is 8.97. The summed E-state index contributed by atoms with van der Waals surface area (Å²) >= 11 is 0. The normalized spacial score (nSPS) is 11.8. The first-order valence-corrected chi connectivity index (χ1v) is 6.46. The molecular weight excluding hydrogens is 226 g/mol. The van der Waals surface area contributed by atoms with E-state index in [2.05, 4.69) is 31.3 Å². The highest BCUT2D eigenvalue weighted by molar-refractivity contribution is 5.21. The molecule has 3 nitrogen and oxygen atoms in total. The van der Waals surface area contributed by atoms with Gasteiger partial charge in [-0.05, 0) is 23.0 Å². The van der Waals surface area contributed by atoms with E-state index < -0.39 is 0 Å². The van der Waals surface area contributed by atoms with Crippen molar-refractivity contribution >= 4 is 0 Å². The van der Waals surface area contributed by atoms with E-state index in [1.54, 1.807) is 7.11 Å². The lowest BCUT2D eigenvalue weighted by molar-refractivity contribution is 0.150. The van der Waals surface area contributed by atoms with E-state index >= 15 is 0 Å². The summed E-state index contributed by atoms with van der Waals surface area (Å²) in [5.41, 5.74) is 2.45. The lowest BCUT2D eigenvalue weighted by Crippen LogP contribution is -2.30. The standard InChI is InChI=1S/C15H25NO2/c1-15(2,8-9-18-3)12-16-10-13-4-6-14(11-17)7-5-13/h4-7,16-17H,8-12H2,1-3H3. The number of hydrogen-bond donors (Lipinski definition) is 2. The monoisotopic (exact) mass is 251 g/mol. The number of aliphatic hydroxyl groups excluding tert-OH is 1. The Kier molecular flexibility index (Phi) is 6.33. The van der Waals surface area contributed by atoms with Gasteiger partial charge < -0.3 is 15.2 Å². The van der Waals surface area contributed by atoms with Gasteiger partial charge in [-0.15, -0.1) is 0 Å². The number of benzene rings is 1. The Balaban J connectivity index is 2.31. The fraction of sp³-hybridized carbons (Fsp3) is 0.600. The van der Waals surface area contributed by atoms with Crippen molar-refractivity contribution in [3.05, 3.63) is 35.4 Å². The van der Waals surface area contributed by atoms with Gasteiger partial charge in [0.2, 0.25) is 0 Å². The lowest BCUT2D eigenvalue weighted by atomic mass is 9.89. The maximum Gasteiger partial charge on any atom is 0.0681 e. The van der Waals surface area contributed by atoms with E-state index in [0.717, 1.165) is 31.7 Å². The van der Waals surface area contributed by atoms with E-state index in [0.29, 0.717) is 0 Å². The molecule has 0 amide bonds. The van der Waals surface area contributed by atoms with Gasteiger partial charge in [-0.3, -0.25) is 0 Å². The Labute approximate surface area is 110 Å². The molecule has 102 valence electrons. The van der Waals surface area contributed by atoms with Crippen LogP contribution < -0.4 is 5.32 Å². The van der Waals surface area contributed by atoms with E-state index in [1.807, 2.05) is 12.1 Å². The number of aliphatic hydroxyl groups is 1. The third kappa shape index (κ3) is 5.63. The van der Waals surface area contributed by atoms with Crippen molar-refractivity contribution in [3.63, 3.8) is 0 Å². The quantitative estimate of drug-likeness (QED) is 0.745. The molecule has 0 atom stereocenters. The lowest BCUT2D eigenvalue weighted by Gasteiger charge is -2.24. The molecule has 0 fully saturated rings. The van der Waals surface area contributed by atoms with Crippen molar-refractivity contribution in [3.8, 4) is 0 Å². The molecule has 0 aromatic heterocycles. The van der Waals surface area contributed by atoms with Crippen LogP contribution in [0.15, 0.2) is 24.3 Å². The minimum Gasteiger partial charge on any atom is -0.392 e. The van der Waals surface area contributed by atoms with Gasteiger partial charge in [-0.2, -0.15) is 0 Å². The van der Waals surface area contributed by atoms with E-state index in [4.69, 9.17) is 9.84 Å². The van der Waals surface area contributed by atoms with Gasteiger partial charge in [-0.1, -0.05) is 38.1 Å². The average molecular weight is 251 g/mol. The van der Waals surface area contributed by atoms with Crippen LogP contribution in [0.5, 0.6) is 0 Å². The van der Waals surface area contributed by atoms with Crippen molar-refractivity contribution in [1.82, 2.24) is 5.32 Å². The van der Waals surface area contributed by atoms with Crippen LogP contribution in [0.4, 0.5) is 0 Å². The number of ether oxygens (including phenoxy) is 1. The first kappa shape index (κ1) is 15.2. The van der Waals surface area contributed by atoms with Crippen molar-refractivity contribution in [2.24, 2.45) is 5.41 Å². The maximum absolute atomic E-state index is 8.97. The van der Waals surface area contributed by atoms with Gasteiger partial charge in [0.1, 0.15) is 0 Å². The van der Waals surface area contributed by atoms with Gasteiger partial charge >= 0.3 is 0 Å². The summed E-state index contributed by atoms with van der Waals surface area (Å²) in [5.74, 6) is 0. The SMILES string of the molecule is COCCC(C)(C)CNCc1ccc(CO)cc1. The van der Waals surface area contributed by atoms with E-state index in [9.17, 15) is 0 Å². The molecule has 0 bridgehead atoms. The first-order chi connectivity index (χ1) is 8.57. The summed E-state index contributed by atoms with van der Waals surface area (Å²) in [6.07, 6.45) is 1.06. The molecule has 0 aliphatic carbocycles. The highest BCUT2D eigenvalue weighted by Crippen LogP contribution is 2.18. The predicted molar refractivity (Wildman–Crippen MR) is 74.3 cm³/mol. The fourth-order valence-electron chi connectivity index (χ4n) is 1.77.